The van der Waals surface area contributed by atoms with E-state index in [1.165, 1.54) is 44.1 Å². The molecule has 2 fully saturated rings. The third kappa shape index (κ3) is 1.77. The Labute approximate surface area is 96.9 Å². The van der Waals surface area contributed by atoms with E-state index >= 15 is 0 Å². The molecule has 1 spiro atoms. The summed E-state index contributed by atoms with van der Waals surface area (Å²) in [6.45, 7) is 1.83. The van der Waals surface area contributed by atoms with Gasteiger partial charge in [-0.25, -0.2) is 4.39 Å². The Morgan fingerprint density at radius 3 is 2.38 bits per heavy atom. The first kappa shape index (κ1) is 10.3. The minimum absolute atomic E-state index is 0.0378. The van der Waals surface area contributed by atoms with Gasteiger partial charge in [0.15, 0.2) is 0 Å². The Bertz CT molecular complexity index is 394. The van der Waals surface area contributed by atoms with Crippen molar-refractivity contribution in [3.63, 3.8) is 0 Å². The highest BCUT2D eigenvalue weighted by atomic mass is 19.1. The van der Waals surface area contributed by atoms with E-state index in [1.54, 1.807) is 6.07 Å². The van der Waals surface area contributed by atoms with Crippen LogP contribution in [-0.4, -0.2) is 0 Å². The molecule has 2 aliphatic rings. The maximum Gasteiger partial charge on any atom is 0.126 e. The molecular weight excluding hydrogens is 199 g/mol. The summed E-state index contributed by atoms with van der Waals surface area (Å²) in [5, 5.41) is 0. The van der Waals surface area contributed by atoms with Crippen LogP contribution in [0.1, 0.15) is 55.6 Å². The molecule has 0 aromatic heterocycles. The van der Waals surface area contributed by atoms with Gasteiger partial charge >= 0.3 is 0 Å². The molecule has 0 aliphatic heterocycles. The molecule has 86 valence electrons. The molecule has 2 saturated carbocycles. The first-order chi connectivity index (χ1) is 7.69. The minimum atomic E-state index is -0.0378. The van der Waals surface area contributed by atoms with Crippen LogP contribution >= 0.6 is 0 Å². The molecule has 3 rings (SSSR count). The van der Waals surface area contributed by atoms with Gasteiger partial charge in [0, 0.05) is 0 Å². The molecule has 0 atom stereocenters. The molecule has 0 unspecified atom stereocenters. The summed E-state index contributed by atoms with van der Waals surface area (Å²) < 4.78 is 13.5. The number of hydrogen-bond acceptors (Lipinski definition) is 0. The van der Waals surface area contributed by atoms with E-state index in [0.717, 1.165) is 11.0 Å². The highest BCUT2D eigenvalue weighted by Gasteiger charge is 2.44. The lowest BCUT2D eigenvalue weighted by atomic mass is 9.77. The summed E-state index contributed by atoms with van der Waals surface area (Å²) in [5.41, 5.74) is 2.72. The van der Waals surface area contributed by atoms with Crippen LogP contribution in [-0.2, 0) is 0 Å². The van der Waals surface area contributed by atoms with Crippen molar-refractivity contribution in [2.45, 2.75) is 51.4 Å². The molecule has 0 nitrogen and oxygen atoms in total. The number of halogens is 1. The maximum absolute atomic E-state index is 13.5. The minimum Gasteiger partial charge on any atom is -0.207 e. The summed E-state index contributed by atoms with van der Waals surface area (Å²) >= 11 is 0. The smallest absolute Gasteiger partial charge is 0.126 e. The SMILES string of the molecule is Cc1ccc(C2CCC3(CC2)CC3)cc1F. The number of aryl methyl sites for hydroxylation is 1. The van der Waals surface area contributed by atoms with Gasteiger partial charge in [0.05, 0.1) is 0 Å². The maximum atomic E-state index is 13.5. The van der Waals surface area contributed by atoms with Gasteiger partial charge in [-0.3, -0.25) is 0 Å². The zero-order valence-corrected chi connectivity index (χ0v) is 9.93. The molecule has 0 bridgehead atoms. The average molecular weight is 218 g/mol. The van der Waals surface area contributed by atoms with Crippen LogP contribution in [0.15, 0.2) is 18.2 Å². The molecule has 0 saturated heterocycles. The molecule has 0 heterocycles. The molecule has 0 radical (unpaired) electrons. The molecule has 2 aliphatic carbocycles. The standard InChI is InChI=1S/C15H19F/c1-11-2-3-13(10-14(11)16)12-4-6-15(7-5-12)8-9-15/h2-3,10,12H,4-9H2,1H3. The second-order valence-corrected chi connectivity index (χ2v) is 5.78. The van der Waals surface area contributed by atoms with E-state index < -0.39 is 0 Å². The normalized spacial score (nSPS) is 23.6. The lowest BCUT2D eigenvalue weighted by molar-refractivity contribution is 0.305. The average Bonchev–Trinajstić information content (AvgIpc) is 3.04. The van der Waals surface area contributed by atoms with E-state index in [2.05, 4.69) is 6.07 Å². The van der Waals surface area contributed by atoms with Crippen LogP contribution in [0.25, 0.3) is 0 Å². The molecule has 1 aromatic carbocycles. The van der Waals surface area contributed by atoms with E-state index in [-0.39, 0.29) is 5.82 Å². The quantitative estimate of drug-likeness (QED) is 0.647. The van der Waals surface area contributed by atoms with E-state index in [1.807, 2.05) is 13.0 Å². The highest BCUT2D eigenvalue weighted by molar-refractivity contribution is 5.26. The summed E-state index contributed by atoms with van der Waals surface area (Å²) in [4.78, 5) is 0. The van der Waals surface area contributed by atoms with Crippen molar-refractivity contribution in [3.05, 3.63) is 35.1 Å². The zero-order valence-electron chi connectivity index (χ0n) is 9.93. The summed E-state index contributed by atoms with van der Waals surface area (Å²) in [7, 11) is 0. The second kappa shape index (κ2) is 3.58. The van der Waals surface area contributed by atoms with Crippen molar-refractivity contribution < 1.29 is 4.39 Å². The van der Waals surface area contributed by atoms with Crippen molar-refractivity contribution in [2.75, 3.05) is 0 Å². The Balaban J connectivity index is 1.75. The number of hydrogen-bond donors (Lipinski definition) is 0. The molecule has 0 amide bonds. The van der Waals surface area contributed by atoms with E-state index in [0.29, 0.717) is 5.92 Å². The van der Waals surface area contributed by atoms with E-state index in [4.69, 9.17) is 0 Å². The number of benzene rings is 1. The van der Waals surface area contributed by atoms with Gasteiger partial charge in [0.25, 0.3) is 0 Å². The molecule has 1 aromatic rings. The number of rotatable bonds is 1. The van der Waals surface area contributed by atoms with Crippen molar-refractivity contribution >= 4 is 0 Å². The Hall–Kier alpha value is -0.850. The predicted octanol–water partition coefficient (Wildman–Crippen LogP) is 4.57. The largest absolute Gasteiger partial charge is 0.207 e. The van der Waals surface area contributed by atoms with Crippen molar-refractivity contribution in [1.29, 1.82) is 0 Å². The molecule has 0 N–H and O–H groups in total. The predicted molar refractivity (Wildman–Crippen MR) is 64.0 cm³/mol. The van der Waals surface area contributed by atoms with Crippen molar-refractivity contribution in [2.24, 2.45) is 5.41 Å². The first-order valence-electron chi connectivity index (χ1n) is 6.45. The molecular formula is C15H19F. The highest BCUT2D eigenvalue weighted by Crippen LogP contribution is 2.58. The fraction of sp³-hybridized carbons (Fsp3) is 0.600. The third-order valence-corrected chi connectivity index (χ3v) is 4.67. The summed E-state index contributed by atoms with van der Waals surface area (Å²) in [6, 6.07) is 5.80. The Morgan fingerprint density at radius 2 is 1.81 bits per heavy atom. The molecule has 16 heavy (non-hydrogen) atoms. The van der Waals surface area contributed by atoms with Crippen LogP contribution < -0.4 is 0 Å². The zero-order chi connectivity index (χ0) is 11.2. The van der Waals surface area contributed by atoms with Crippen LogP contribution in [0.3, 0.4) is 0 Å². The van der Waals surface area contributed by atoms with Crippen LogP contribution in [0, 0.1) is 18.2 Å². The van der Waals surface area contributed by atoms with Crippen LogP contribution in [0.4, 0.5) is 4.39 Å². The lowest BCUT2D eigenvalue weighted by Gasteiger charge is -2.28. The monoisotopic (exact) mass is 218 g/mol. The fourth-order valence-corrected chi connectivity index (χ4v) is 3.10. The van der Waals surface area contributed by atoms with Crippen molar-refractivity contribution in [1.82, 2.24) is 0 Å². The summed E-state index contributed by atoms with van der Waals surface area (Å²) in [6.07, 6.45) is 8.16. The van der Waals surface area contributed by atoms with E-state index in [9.17, 15) is 4.39 Å². The summed E-state index contributed by atoms with van der Waals surface area (Å²) in [5.74, 6) is 0.575. The van der Waals surface area contributed by atoms with Gasteiger partial charge in [0.1, 0.15) is 5.82 Å². The van der Waals surface area contributed by atoms with Gasteiger partial charge in [-0.2, -0.15) is 0 Å². The van der Waals surface area contributed by atoms with Gasteiger partial charge in [-0.1, -0.05) is 12.1 Å². The Kier molecular flexibility index (Phi) is 2.31. The van der Waals surface area contributed by atoms with Crippen molar-refractivity contribution in [3.8, 4) is 0 Å². The lowest BCUT2D eigenvalue weighted by Crippen LogP contribution is -2.14. The van der Waals surface area contributed by atoms with Gasteiger partial charge in [0.2, 0.25) is 0 Å². The van der Waals surface area contributed by atoms with Crippen LogP contribution in [0.5, 0.6) is 0 Å². The topological polar surface area (TPSA) is 0 Å². The first-order valence-corrected chi connectivity index (χ1v) is 6.45. The van der Waals surface area contributed by atoms with Gasteiger partial charge < -0.3 is 0 Å². The van der Waals surface area contributed by atoms with Gasteiger partial charge in [-0.05, 0) is 74.0 Å². The second-order valence-electron chi connectivity index (χ2n) is 5.78. The third-order valence-electron chi connectivity index (χ3n) is 4.67. The van der Waals surface area contributed by atoms with Crippen LogP contribution in [0.2, 0.25) is 0 Å². The molecule has 1 heteroatoms. The Morgan fingerprint density at radius 1 is 1.12 bits per heavy atom. The fourth-order valence-electron chi connectivity index (χ4n) is 3.10. The van der Waals surface area contributed by atoms with Gasteiger partial charge in [-0.15, -0.1) is 0 Å².